The molecule has 2 aromatic rings. The lowest BCUT2D eigenvalue weighted by Crippen LogP contribution is -2.33. The number of likely N-dealkylation sites (tertiary alicyclic amines) is 1. The van der Waals surface area contributed by atoms with Crippen LogP contribution in [0, 0.1) is 6.92 Å². The normalized spacial score (nSPS) is 15.3. The number of carbonyl (C=O) groups is 1. The molecule has 26 heavy (non-hydrogen) atoms. The standard InChI is InChI=1S/C18H27N5O2S/c1-13-14-16(19-6-10-23-8-4-3-5-9-23)21-12-22-18(14)26-15(13)17(24)20-7-11-25-2/h12H,3-11H2,1-2H3,(H,20,24)(H,19,21,22). The second-order valence-corrected chi connectivity index (χ2v) is 7.54. The molecule has 0 unspecified atom stereocenters. The van der Waals surface area contributed by atoms with Crippen molar-refractivity contribution in [3.8, 4) is 0 Å². The summed E-state index contributed by atoms with van der Waals surface area (Å²) in [6.45, 7) is 7.18. The van der Waals surface area contributed by atoms with Gasteiger partial charge in [0.2, 0.25) is 0 Å². The second-order valence-electron chi connectivity index (χ2n) is 6.54. The topological polar surface area (TPSA) is 79.4 Å². The number of fused-ring (bicyclic) bond motifs is 1. The van der Waals surface area contributed by atoms with Crippen LogP contribution in [0.1, 0.15) is 34.5 Å². The molecule has 1 saturated heterocycles. The first-order valence-electron chi connectivity index (χ1n) is 9.18. The Morgan fingerprint density at radius 3 is 2.85 bits per heavy atom. The number of methoxy groups -OCH3 is 1. The van der Waals surface area contributed by atoms with E-state index in [-0.39, 0.29) is 5.91 Å². The highest BCUT2D eigenvalue weighted by molar-refractivity contribution is 7.20. The van der Waals surface area contributed by atoms with Gasteiger partial charge in [0.05, 0.1) is 16.9 Å². The number of carbonyl (C=O) groups excluding carboxylic acids is 1. The van der Waals surface area contributed by atoms with E-state index in [1.54, 1.807) is 13.4 Å². The van der Waals surface area contributed by atoms with E-state index in [1.165, 1.54) is 43.7 Å². The summed E-state index contributed by atoms with van der Waals surface area (Å²) in [7, 11) is 1.62. The molecular formula is C18H27N5O2S. The van der Waals surface area contributed by atoms with Crippen molar-refractivity contribution >= 4 is 33.3 Å². The van der Waals surface area contributed by atoms with Crippen molar-refractivity contribution < 1.29 is 9.53 Å². The molecule has 2 N–H and O–H groups in total. The Hall–Kier alpha value is -1.77. The van der Waals surface area contributed by atoms with Crippen LogP contribution in [0.15, 0.2) is 6.33 Å². The molecule has 1 amide bonds. The Labute approximate surface area is 158 Å². The minimum atomic E-state index is -0.0817. The molecule has 0 saturated carbocycles. The van der Waals surface area contributed by atoms with Crippen LogP contribution < -0.4 is 10.6 Å². The summed E-state index contributed by atoms with van der Waals surface area (Å²) in [6, 6.07) is 0. The van der Waals surface area contributed by atoms with Gasteiger partial charge in [0, 0.05) is 26.7 Å². The Morgan fingerprint density at radius 2 is 2.08 bits per heavy atom. The minimum Gasteiger partial charge on any atom is -0.383 e. The van der Waals surface area contributed by atoms with Crippen molar-refractivity contribution in [3.05, 3.63) is 16.8 Å². The van der Waals surface area contributed by atoms with E-state index in [4.69, 9.17) is 4.74 Å². The number of ether oxygens (including phenoxy) is 1. The number of hydrogen-bond acceptors (Lipinski definition) is 7. The first-order chi connectivity index (χ1) is 12.7. The van der Waals surface area contributed by atoms with Crippen LogP contribution in [0.5, 0.6) is 0 Å². The molecule has 2 aromatic heterocycles. The summed E-state index contributed by atoms with van der Waals surface area (Å²) >= 11 is 1.41. The van der Waals surface area contributed by atoms with Crippen LogP contribution in [0.2, 0.25) is 0 Å². The van der Waals surface area contributed by atoms with Crippen LogP contribution in [0.4, 0.5) is 5.82 Å². The number of piperidine rings is 1. The summed E-state index contributed by atoms with van der Waals surface area (Å²) in [4.78, 5) is 25.2. The SMILES string of the molecule is COCCNC(=O)c1sc2ncnc(NCCN3CCCCC3)c2c1C. The Kier molecular flexibility index (Phi) is 6.76. The van der Waals surface area contributed by atoms with Gasteiger partial charge >= 0.3 is 0 Å². The number of anilines is 1. The fraction of sp³-hybridized carbons (Fsp3) is 0.611. The van der Waals surface area contributed by atoms with Crippen molar-refractivity contribution in [2.75, 3.05) is 51.8 Å². The first kappa shape index (κ1) is 19.0. The molecule has 142 valence electrons. The van der Waals surface area contributed by atoms with Gasteiger partial charge in [0.25, 0.3) is 5.91 Å². The number of hydrogen-bond donors (Lipinski definition) is 2. The molecule has 1 aliphatic rings. The highest BCUT2D eigenvalue weighted by Gasteiger charge is 2.19. The molecular weight excluding hydrogens is 350 g/mol. The maximum atomic E-state index is 12.4. The highest BCUT2D eigenvalue weighted by atomic mass is 32.1. The van der Waals surface area contributed by atoms with E-state index in [0.717, 1.165) is 34.7 Å². The van der Waals surface area contributed by atoms with Crippen LogP contribution in [0.3, 0.4) is 0 Å². The Bertz CT molecular complexity index is 743. The second kappa shape index (κ2) is 9.25. The third kappa shape index (κ3) is 4.49. The van der Waals surface area contributed by atoms with E-state index >= 15 is 0 Å². The molecule has 1 aliphatic heterocycles. The first-order valence-corrected chi connectivity index (χ1v) is 10.00. The average molecular weight is 378 g/mol. The van der Waals surface area contributed by atoms with E-state index in [2.05, 4.69) is 25.5 Å². The third-order valence-electron chi connectivity index (χ3n) is 4.69. The van der Waals surface area contributed by atoms with E-state index in [0.29, 0.717) is 18.0 Å². The van der Waals surface area contributed by atoms with Gasteiger partial charge in [-0.1, -0.05) is 6.42 Å². The molecule has 0 aliphatic carbocycles. The van der Waals surface area contributed by atoms with Gasteiger partial charge in [-0.25, -0.2) is 9.97 Å². The smallest absolute Gasteiger partial charge is 0.261 e. The molecule has 0 atom stereocenters. The van der Waals surface area contributed by atoms with Gasteiger partial charge in [-0.05, 0) is 38.4 Å². The van der Waals surface area contributed by atoms with E-state index in [1.807, 2.05) is 6.92 Å². The van der Waals surface area contributed by atoms with Crippen molar-refractivity contribution in [1.82, 2.24) is 20.2 Å². The number of amides is 1. The molecule has 3 rings (SSSR count). The maximum absolute atomic E-state index is 12.4. The monoisotopic (exact) mass is 377 g/mol. The zero-order valence-corrected chi connectivity index (χ0v) is 16.3. The molecule has 0 spiro atoms. The lowest BCUT2D eigenvalue weighted by atomic mass is 10.1. The fourth-order valence-electron chi connectivity index (χ4n) is 3.28. The van der Waals surface area contributed by atoms with Gasteiger partial charge < -0.3 is 20.3 Å². The lowest BCUT2D eigenvalue weighted by Gasteiger charge is -2.26. The van der Waals surface area contributed by atoms with E-state index < -0.39 is 0 Å². The molecule has 7 nitrogen and oxygen atoms in total. The summed E-state index contributed by atoms with van der Waals surface area (Å²) in [6.07, 6.45) is 5.50. The van der Waals surface area contributed by atoms with Crippen LogP contribution in [-0.2, 0) is 4.74 Å². The van der Waals surface area contributed by atoms with Crippen LogP contribution in [-0.4, -0.2) is 67.2 Å². The molecule has 3 heterocycles. The summed E-state index contributed by atoms with van der Waals surface area (Å²) < 4.78 is 4.98. The highest BCUT2D eigenvalue weighted by Crippen LogP contribution is 2.33. The summed E-state index contributed by atoms with van der Waals surface area (Å²) in [5.74, 6) is 0.735. The quantitative estimate of drug-likeness (QED) is 0.687. The Balaban J connectivity index is 1.69. The van der Waals surface area contributed by atoms with Gasteiger partial charge in [0.1, 0.15) is 17.0 Å². The molecule has 8 heteroatoms. The predicted octanol–water partition coefficient (Wildman–Crippen LogP) is 2.27. The predicted molar refractivity (Wildman–Crippen MR) is 105 cm³/mol. The summed E-state index contributed by atoms with van der Waals surface area (Å²) in [5.41, 5.74) is 0.931. The van der Waals surface area contributed by atoms with Gasteiger partial charge in [-0.15, -0.1) is 11.3 Å². The molecule has 1 fully saturated rings. The third-order valence-corrected chi connectivity index (χ3v) is 5.89. The molecule has 0 aromatic carbocycles. The molecule has 0 bridgehead atoms. The number of aryl methyl sites for hydroxylation is 1. The average Bonchev–Trinajstić information content (AvgIpc) is 3.00. The zero-order chi connectivity index (χ0) is 18.4. The van der Waals surface area contributed by atoms with Crippen molar-refractivity contribution in [2.45, 2.75) is 26.2 Å². The number of nitrogens with zero attached hydrogens (tertiary/aromatic N) is 3. The van der Waals surface area contributed by atoms with Crippen molar-refractivity contribution in [1.29, 1.82) is 0 Å². The zero-order valence-electron chi connectivity index (χ0n) is 15.5. The number of nitrogens with one attached hydrogen (secondary N) is 2. The fourth-order valence-corrected chi connectivity index (χ4v) is 4.35. The minimum absolute atomic E-state index is 0.0817. The maximum Gasteiger partial charge on any atom is 0.261 e. The van der Waals surface area contributed by atoms with Gasteiger partial charge in [-0.3, -0.25) is 4.79 Å². The lowest BCUT2D eigenvalue weighted by molar-refractivity contribution is 0.0940. The van der Waals surface area contributed by atoms with E-state index in [9.17, 15) is 4.79 Å². The number of rotatable bonds is 8. The largest absolute Gasteiger partial charge is 0.383 e. The van der Waals surface area contributed by atoms with Gasteiger partial charge in [-0.2, -0.15) is 0 Å². The number of aromatic nitrogens is 2. The van der Waals surface area contributed by atoms with Crippen LogP contribution in [0.25, 0.3) is 10.2 Å². The number of thiophene rings is 1. The van der Waals surface area contributed by atoms with Crippen molar-refractivity contribution in [2.24, 2.45) is 0 Å². The summed E-state index contributed by atoms with van der Waals surface area (Å²) in [5, 5.41) is 7.27. The van der Waals surface area contributed by atoms with Gasteiger partial charge in [0.15, 0.2) is 0 Å². The van der Waals surface area contributed by atoms with Crippen molar-refractivity contribution in [3.63, 3.8) is 0 Å². The van der Waals surface area contributed by atoms with Crippen LogP contribution >= 0.6 is 11.3 Å². The Morgan fingerprint density at radius 1 is 1.27 bits per heavy atom. The molecule has 0 radical (unpaired) electrons.